The van der Waals surface area contributed by atoms with E-state index in [0.717, 1.165) is 37.3 Å². The summed E-state index contributed by atoms with van der Waals surface area (Å²) >= 11 is 0. The van der Waals surface area contributed by atoms with Crippen LogP contribution in [0.15, 0.2) is 41.3 Å². The van der Waals surface area contributed by atoms with Gasteiger partial charge in [0.25, 0.3) is 0 Å². The van der Waals surface area contributed by atoms with Crippen LogP contribution in [-0.2, 0) is 6.54 Å². The van der Waals surface area contributed by atoms with Crippen molar-refractivity contribution in [3.8, 4) is 5.69 Å². The molecule has 5 N–H and O–H groups in total. The maximum Gasteiger partial charge on any atom is 0.354 e. The fraction of sp³-hybridized carbons (Fsp3) is 0.412. The van der Waals surface area contributed by atoms with Gasteiger partial charge in [-0.1, -0.05) is 12.1 Å². The molecule has 3 rings (SSSR count). The molecule has 1 aliphatic rings. The van der Waals surface area contributed by atoms with Crippen LogP contribution in [0.3, 0.4) is 0 Å². The number of hydrogen-bond acceptors (Lipinski definition) is 6. The molecule has 7 nitrogen and oxygen atoms in total. The van der Waals surface area contributed by atoms with E-state index >= 15 is 0 Å². The molecule has 1 unspecified atom stereocenters. The minimum Gasteiger partial charge on any atom is -0.396 e. The third-order valence-corrected chi connectivity index (χ3v) is 4.56. The smallest absolute Gasteiger partial charge is 0.354 e. The molecule has 0 bridgehead atoms. The van der Waals surface area contributed by atoms with Gasteiger partial charge in [-0.15, -0.1) is 0 Å². The molecule has 128 valence electrons. The average molecular weight is 329 g/mol. The molecule has 0 aliphatic carbocycles. The predicted octanol–water partition coefficient (Wildman–Crippen LogP) is -0.0438. The summed E-state index contributed by atoms with van der Waals surface area (Å²) in [5.74, 6) is 0.354. The SMILES string of the molecule is Nc1ccn(-c2ccc(CN3CC[C@@H](N)C(CO)C3)cc2)c(=O)n1. The first-order valence-electron chi connectivity index (χ1n) is 8.10. The third kappa shape index (κ3) is 3.64. The molecular formula is C17H23N5O2. The number of nitrogens with two attached hydrogens (primary N) is 2. The Hall–Kier alpha value is -2.22. The molecule has 0 radical (unpaired) electrons. The van der Waals surface area contributed by atoms with Gasteiger partial charge in [0, 0.05) is 37.9 Å². The first kappa shape index (κ1) is 16.6. The van der Waals surface area contributed by atoms with E-state index in [1.165, 1.54) is 4.57 Å². The number of aliphatic hydroxyl groups excluding tert-OH is 1. The Morgan fingerprint density at radius 3 is 2.67 bits per heavy atom. The zero-order valence-corrected chi connectivity index (χ0v) is 13.5. The summed E-state index contributed by atoms with van der Waals surface area (Å²) in [5.41, 5.74) is 13.0. The number of benzene rings is 1. The van der Waals surface area contributed by atoms with E-state index in [2.05, 4.69) is 9.88 Å². The Morgan fingerprint density at radius 1 is 1.25 bits per heavy atom. The molecule has 0 saturated carbocycles. The lowest BCUT2D eigenvalue weighted by Gasteiger charge is -2.36. The normalized spacial score (nSPS) is 21.8. The first-order valence-corrected chi connectivity index (χ1v) is 8.10. The van der Waals surface area contributed by atoms with Crippen LogP contribution in [0.5, 0.6) is 0 Å². The number of piperidine rings is 1. The molecule has 0 spiro atoms. The van der Waals surface area contributed by atoms with Gasteiger partial charge in [0.15, 0.2) is 0 Å². The highest BCUT2D eigenvalue weighted by atomic mass is 16.3. The highest BCUT2D eigenvalue weighted by Gasteiger charge is 2.25. The number of aromatic nitrogens is 2. The number of rotatable bonds is 4. The summed E-state index contributed by atoms with van der Waals surface area (Å²) in [4.78, 5) is 17.9. The van der Waals surface area contributed by atoms with Gasteiger partial charge < -0.3 is 16.6 Å². The molecule has 24 heavy (non-hydrogen) atoms. The van der Waals surface area contributed by atoms with Crippen LogP contribution < -0.4 is 17.2 Å². The van der Waals surface area contributed by atoms with E-state index in [1.54, 1.807) is 12.3 Å². The van der Waals surface area contributed by atoms with E-state index in [0.29, 0.717) is 0 Å². The standard InChI is InChI=1S/C17H23N5O2/c18-15-5-7-21(10-13(15)11-23)9-12-1-3-14(4-2-12)22-8-6-16(19)20-17(22)24/h1-4,6,8,13,15,23H,5,7,9-11,18H2,(H2,19,20,24)/t13?,15-/m1/s1. The van der Waals surface area contributed by atoms with Crippen molar-refractivity contribution in [1.82, 2.24) is 14.5 Å². The second-order valence-electron chi connectivity index (χ2n) is 6.30. The second-order valence-corrected chi connectivity index (χ2v) is 6.30. The lowest BCUT2D eigenvalue weighted by Crippen LogP contribution is -2.48. The molecular weight excluding hydrogens is 306 g/mol. The number of anilines is 1. The summed E-state index contributed by atoms with van der Waals surface area (Å²) in [6, 6.07) is 9.47. The Bertz CT molecular complexity index is 743. The molecule has 7 heteroatoms. The van der Waals surface area contributed by atoms with E-state index in [9.17, 15) is 9.90 Å². The number of likely N-dealkylation sites (tertiary alicyclic amines) is 1. The van der Waals surface area contributed by atoms with Crippen LogP contribution in [0, 0.1) is 5.92 Å². The van der Waals surface area contributed by atoms with Gasteiger partial charge in [-0.2, -0.15) is 4.98 Å². The molecule has 0 amide bonds. The topological polar surface area (TPSA) is 110 Å². The van der Waals surface area contributed by atoms with Crippen molar-refractivity contribution in [2.45, 2.75) is 19.0 Å². The summed E-state index contributed by atoms with van der Waals surface area (Å²) in [5, 5.41) is 9.40. The van der Waals surface area contributed by atoms with E-state index in [1.807, 2.05) is 24.3 Å². The largest absolute Gasteiger partial charge is 0.396 e. The Kier molecular flexibility index (Phi) is 4.94. The molecule has 2 heterocycles. The molecule has 1 aromatic carbocycles. The van der Waals surface area contributed by atoms with E-state index in [-0.39, 0.29) is 24.4 Å². The van der Waals surface area contributed by atoms with Crippen LogP contribution in [0.25, 0.3) is 5.69 Å². The van der Waals surface area contributed by atoms with Crippen LogP contribution in [0.1, 0.15) is 12.0 Å². The van der Waals surface area contributed by atoms with Crippen molar-refractivity contribution in [3.63, 3.8) is 0 Å². The number of aliphatic hydroxyl groups is 1. The number of nitrogen functional groups attached to an aromatic ring is 1. The van der Waals surface area contributed by atoms with Crippen molar-refractivity contribution >= 4 is 5.82 Å². The minimum absolute atomic E-state index is 0.0820. The van der Waals surface area contributed by atoms with E-state index < -0.39 is 5.69 Å². The highest BCUT2D eigenvalue weighted by molar-refractivity contribution is 5.36. The molecule has 1 fully saturated rings. The van der Waals surface area contributed by atoms with Crippen LogP contribution in [-0.4, -0.2) is 45.3 Å². The Labute approximate surface area is 140 Å². The average Bonchev–Trinajstić information content (AvgIpc) is 2.57. The van der Waals surface area contributed by atoms with Gasteiger partial charge in [-0.3, -0.25) is 9.47 Å². The first-order chi connectivity index (χ1) is 11.6. The maximum atomic E-state index is 11.9. The van der Waals surface area contributed by atoms with Crippen molar-refractivity contribution in [2.24, 2.45) is 11.7 Å². The monoisotopic (exact) mass is 329 g/mol. The molecule has 1 saturated heterocycles. The summed E-state index contributed by atoms with van der Waals surface area (Å²) in [6.45, 7) is 2.67. The van der Waals surface area contributed by atoms with Gasteiger partial charge in [-0.25, -0.2) is 4.79 Å². The minimum atomic E-state index is -0.390. The van der Waals surface area contributed by atoms with Crippen LogP contribution in [0.2, 0.25) is 0 Å². The van der Waals surface area contributed by atoms with Crippen molar-refractivity contribution in [2.75, 3.05) is 25.4 Å². The predicted molar refractivity (Wildman–Crippen MR) is 92.7 cm³/mol. The van der Waals surface area contributed by atoms with Gasteiger partial charge in [0.1, 0.15) is 5.82 Å². The lowest BCUT2D eigenvalue weighted by atomic mass is 9.93. The second kappa shape index (κ2) is 7.12. The molecule has 2 atom stereocenters. The molecule has 1 aliphatic heterocycles. The van der Waals surface area contributed by atoms with Crippen molar-refractivity contribution in [3.05, 3.63) is 52.6 Å². The number of nitrogens with zero attached hydrogens (tertiary/aromatic N) is 3. The summed E-state index contributed by atoms with van der Waals surface area (Å²) in [6.07, 6.45) is 2.52. The zero-order valence-electron chi connectivity index (χ0n) is 13.5. The van der Waals surface area contributed by atoms with E-state index in [4.69, 9.17) is 11.5 Å². The number of hydrogen-bond donors (Lipinski definition) is 3. The Balaban J connectivity index is 1.70. The van der Waals surface area contributed by atoms with Crippen LogP contribution in [0.4, 0.5) is 5.82 Å². The van der Waals surface area contributed by atoms with Gasteiger partial charge in [-0.05, 0) is 36.7 Å². The Morgan fingerprint density at radius 2 is 2.00 bits per heavy atom. The summed E-state index contributed by atoms with van der Waals surface area (Å²) < 4.78 is 1.46. The zero-order chi connectivity index (χ0) is 17.1. The summed E-state index contributed by atoms with van der Waals surface area (Å²) in [7, 11) is 0. The highest BCUT2D eigenvalue weighted by Crippen LogP contribution is 2.18. The van der Waals surface area contributed by atoms with Gasteiger partial charge in [0.2, 0.25) is 0 Å². The lowest BCUT2D eigenvalue weighted by molar-refractivity contribution is 0.0992. The molecule has 2 aromatic rings. The third-order valence-electron chi connectivity index (χ3n) is 4.56. The fourth-order valence-electron chi connectivity index (χ4n) is 3.10. The molecule has 1 aromatic heterocycles. The van der Waals surface area contributed by atoms with Gasteiger partial charge in [0.05, 0.1) is 5.69 Å². The van der Waals surface area contributed by atoms with Gasteiger partial charge >= 0.3 is 5.69 Å². The van der Waals surface area contributed by atoms with Crippen LogP contribution >= 0.6 is 0 Å². The van der Waals surface area contributed by atoms with Crippen molar-refractivity contribution < 1.29 is 5.11 Å². The quantitative estimate of drug-likeness (QED) is 0.726. The maximum absolute atomic E-state index is 11.9. The fourth-order valence-corrected chi connectivity index (χ4v) is 3.10. The van der Waals surface area contributed by atoms with Crippen molar-refractivity contribution in [1.29, 1.82) is 0 Å².